The quantitative estimate of drug-likeness (QED) is 0.746. The Bertz CT molecular complexity index is 396. The predicted molar refractivity (Wildman–Crippen MR) is 50.7 cm³/mol. The van der Waals surface area contributed by atoms with E-state index in [9.17, 15) is 0 Å². The van der Waals surface area contributed by atoms with E-state index in [1.54, 1.807) is 17.2 Å². The highest BCUT2D eigenvalue weighted by atomic mass is 15.5. The molecule has 2 heterocycles. The first-order valence-corrected chi connectivity index (χ1v) is 4.22. The molecule has 0 aliphatic carbocycles. The Morgan fingerprint density at radius 1 is 1.50 bits per heavy atom. The Morgan fingerprint density at radius 3 is 3.14 bits per heavy atom. The highest BCUT2D eigenvalue weighted by molar-refractivity contribution is 5.36. The van der Waals surface area contributed by atoms with Crippen molar-refractivity contribution >= 4 is 5.82 Å². The third kappa shape index (κ3) is 1.85. The van der Waals surface area contributed by atoms with Crippen molar-refractivity contribution in [3.8, 4) is 0 Å². The van der Waals surface area contributed by atoms with Gasteiger partial charge in [-0.3, -0.25) is 0 Å². The second-order valence-corrected chi connectivity index (χ2v) is 2.81. The van der Waals surface area contributed by atoms with E-state index in [2.05, 4.69) is 25.8 Å². The first-order chi connectivity index (χ1) is 6.88. The fourth-order valence-corrected chi connectivity index (χ4v) is 1.15. The SMILES string of the molecule is CNc1cc(Cn2cnnn2)ccn1. The van der Waals surface area contributed by atoms with Crippen LogP contribution in [0.3, 0.4) is 0 Å². The van der Waals surface area contributed by atoms with Crippen LogP contribution in [-0.2, 0) is 6.54 Å². The molecule has 2 aromatic rings. The number of hydrogen-bond donors (Lipinski definition) is 1. The van der Waals surface area contributed by atoms with Gasteiger partial charge in [0.15, 0.2) is 0 Å². The number of pyridine rings is 1. The van der Waals surface area contributed by atoms with E-state index in [0.717, 1.165) is 11.4 Å². The lowest BCUT2D eigenvalue weighted by Gasteiger charge is -2.02. The second kappa shape index (κ2) is 3.82. The largest absolute Gasteiger partial charge is 0.373 e. The van der Waals surface area contributed by atoms with Crippen molar-refractivity contribution < 1.29 is 0 Å². The summed E-state index contributed by atoms with van der Waals surface area (Å²) in [7, 11) is 1.84. The average Bonchev–Trinajstić information content (AvgIpc) is 2.71. The summed E-state index contributed by atoms with van der Waals surface area (Å²) in [5.41, 5.74) is 1.11. The van der Waals surface area contributed by atoms with E-state index in [4.69, 9.17) is 0 Å². The fourth-order valence-electron chi connectivity index (χ4n) is 1.15. The number of anilines is 1. The maximum atomic E-state index is 4.12. The van der Waals surface area contributed by atoms with Crippen LogP contribution in [0.5, 0.6) is 0 Å². The maximum absolute atomic E-state index is 4.12. The van der Waals surface area contributed by atoms with Crippen LogP contribution in [0.15, 0.2) is 24.7 Å². The second-order valence-electron chi connectivity index (χ2n) is 2.81. The van der Waals surface area contributed by atoms with Crippen molar-refractivity contribution in [2.45, 2.75) is 6.54 Å². The first-order valence-electron chi connectivity index (χ1n) is 4.22. The molecule has 6 nitrogen and oxygen atoms in total. The Kier molecular flexibility index (Phi) is 2.35. The number of rotatable bonds is 3. The van der Waals surface area contributed by atoms with Gasteiger partial charge in [0.1, 0.15) is 12.1 Å². The molecular formula is C8H10N6. The normalized spacial score (nSPS) is 10.1. The van der Waals surface area contributed by atoms with Crippen LogP contribution in [0.1, 0.15) is 5.56 Å². The van der Waals surface area contributed by atoms with Crippen LogP contribution in [-0.4, -0.2) is 32.2 Å². The van der Waals surface area contributed by atoms with Crippen molar-refractivity contribution in [1.29, 1.82) is 0 Å². The van der Waals surface area contributed by atoms with Crippen molar-refractivity contribution in [2.75, 3.05) is 12.4 Å². The molecule has 0 atom stereocenters. The molecule has 0 aliphatic heterocycles. The van der Waals surface area contributed by atoms with Crippen LogP contribution >= 0.6 is 0 Å². The topological polar surface area (TPSA) is 68.5 Å². The zero-order chi connectivity index (χ0) is 9.80. The Balaban J connectivity index is 2.17. The van der Waals surface area contributed by atoms with Crippen LogP contribution < -0.4 is 5.32 Å². The zero-order valence-electron chi connectivity index (χ0n) is 7.75. The number of tetrazole rings is 1. The maximum Gasteiger partial charge on any atom is 0.138 e. The molecule has 0 saturated carbocycles. The third-order valence-electron chi connectivity index (χ3n) is 1.82. The summed E-state index contributed by atoms with van der Waals surface area (Å²) in [6, 6.07) is 3.89. The summed E-state index contributed by atoms with van der Waals surface area (Å²) >= 11 is 0. The molecule has 2 rings (SSSR count). The minimum atomic E-state index is 0.657. The van der Waals surface area contributed by atoms with E-state index < -0.39 is 0 Å². The van der Waals surface area contributed by atoms with Crippen LogP contribution in [0.4, 0.5) is 5.82 Å². The van der Waals surface area contributed by atoms with Gasteiger partial charge >= 0.3 is 0 Å². The zero-order valence-corrected chi connectivity index (χ0v) is 7.75. The highest BCUT2D eigenvalue weighted by Gasteiger charge is 1.97. The van der Waals surface area contributed by atoms with E-state index in [0.29, 0.717) is 6.54 Å². The van der Waals surface area contributed by atoms with Crippen molar-refractivity contribution in [2.24, 2.45) is 0 Å². The number of nitrogens with zero attached hydrogens (tertiary/aromatic N) is 5. The summed E-state index contributed by atoms with van der Waals surface area (Å²) in [6.45, 7) is 0.657. The Labute approximate surface area is 81.0 Å². The molecule has 14 heavy (non-hydrogen) atoms. The smallest absolute Gasteiger partial charge is 0.138 e. The Morgan fingerprint density at radius 2 is 2.43 bits per heavy atom. The molecule has 0 saturated heterocycles. The summed E-state index contributed by atoms with van der Waals surface area (Å²) in [6.07, 6.45) is 3.34. The van der Waals surface area contributed by atoms with Gasteiger partial charge in [0, 0.05) is 13.2 Å². The van der Waals surface area contributed by atoms with Gasteiger partial charge in [-0.05, 0) is 28.1 Å². The van der Waals surface area contributed by atoms with E-state index in [1.165, 1.54) is 0 Å². The van der Waals surface area contributed by atoms with Gasteiger partial charge in [-0.25, -0.2) is 9.67 Å². The first kappa shape index (κ1) is 8.61. The average molecular weight is 190 g/mol. The van der Waals surface area contributed by atoms with Gasteiger partial charge in [-0.15, -0.1) is 5.10 Å². The Hall–Kier alpha value is -1.98. The monoisotopic (exact) mass is 190 g/mol. The van der Waals surface area contributed by atoms with Gasteiger partial charge in [0.05, 0.1) is 6.54 Å². The number of aromatic nitrogens is 5. The van der Waals surface area contributed by atoms with Gasteiger partial charge in [-0.1, -0.05) is 0 Å². The van der Waals surface area contributed by atoms with Gasteiger partial charge in [-0.2, -0.15) is 0 Å². The molecule has 0 amide bonds. The molecule has 6 heteroatoms. The molecule has 0 unspecified atom stereocenters. The molecule has 72 valence electrons. The third-order valence-corrected chi connectivity index (χ3v) is 1.82. The minimum absolute atomic E-state index is 0.657. The van der Waals surface area contributed by atoms with E-state index in [1.807, 2.05) is 19.2 Å². The molecule has 0 aromatic carbocycles. The lowest BCUT2D eigenvalue weighted by Crippen LogP contribution is -2.02. The summed E-state index contributed by atoms with van der Waals surface area (Å²) in [5.74, 6) is 0.843. The fraction of sp³-hybridized carbons (Fsp3) is 0.250. The molecule has 1 N–H and O–H groups in total. The number of nitrogens with one attached hydrogen (secondary N) is 1. The molecule has 2 aromatic heterocycles. The molecule has 0 spiro atoms. The standard InChI is InChI=1S/C8H10N6/c1-9-8-4-7(2-3-10-8)5-14-6-11-12-13-14/h2-4,6H,5H2,1H3,(H,9,10). The summed E-state index contributed by atoms with van der Waals surface area (Å²) in [5, 5.41) is 13.9. The molecule has 0 fully saturated rings. The lowest BCUT2D eigenvalue weighted by molar-refractivity contribution is 0.648. The van der Waals surface area contributed by atoms with Gasteiger partial charge in [0.25, 0.3) is 0 Å². The number of hydrogen-bond acceptors (Lipinski definition) is 5. The van der Waals surface area contributed by atoms with Crippen molar-refractivity contribution in [3.05, 3.63) is 30.2 Å². The summed E-state index contributed by atoms with van der Waals surface area (Å²) < 4.78 is 1.66. The van der Waals surface area contributed by atoms with Crippen LogP contribution in [0.2, 0.25) is 0 Å². The van der Waals surface area contributed by atoms with Crippen molar-refractivity contribution in [1.82, 2.24) is 25.2 Å². The summed E-state index contributed by atoms with van der Waals surface area (Å²) in [4.78, 5) is 4.12. The predicted octanol–water partition coefficient (Wildman–Crippen LogP) is 0.158. The van der Waals surface area contributed by atoms with Gasteiger partial charge < -0.3 is 5.32 Å². The molecule has 0 bridgehead atoms. The molecule has 0 radical (unpaired) electrons. The van der Waals surface area contributed by atoms with Crippen LogP contribution in [0, 0.1) is 0 Å². The lowest BCUT2D eigenvalue weighted by atomic mass is 10.2. The van der Waals surface area contributed by atoms with Crippen LogP contribution in [0.25, 0.3) is 0 Å². The molecule has 0 aliphatic rings. The van der Waals surface area contributed by atoms with E-state index >= 15 is 0 Å². The van der Waals surface area contributed by atoms with Crippen molar-refractivity contribution in [3.63, 3.8) is 0 Å². The molecular weight excluding hydrogens is 180 g/mol. The van der Waals surface area contributed by atoms with Gasteiger partial charge in [0.2, 0.25) is 0 Å². The minimum Gasteiger partial charge on any atom is -0.373 e. The van der Waals surface area contributed by atoms with E-state index in [-0.39, 0.29) is 0 Å². The highest BCUT2D eigenvalue weighted by Crippen LogP contribution is 2.06.